The first-order chi connectivity index (χ1) is 12.6. The zero-order chi connectivity index (χ0) is 20.2. The summed E-state index contributed by atoms with van der Waals surface area (Å²) >= 11 is 0. The summed E-state index contributed by atoms with van der Waals surface area (Å²) in [5.74, 6) is -0.520. The first-order valence-electron chi connectivity index (χ1n) is 8.63. The van der Waals surface area contributed by atoms with Crippen LogP contribution in [0.1, 0.15) is 31.2 Å². The lowest BCUT2D eigenvalue weighted by Gasteiger charge is -2.38. The molecule has 0 radical (unpaired) electrons. The van der Waals surface area contributed by atoms with Crippen molar-refractivity contribution in [1.82, 2.24) is 10.2 Å². The molecule has 0 aliphatic heterocycles. The third-order valence-electron chi connectivity index (χ3n) is 4.84. The van der Waals surface area contributed by atoms with Gasteiger partial charge in [0.25, 0.3) is 0 Å². The Morgan fingerprint density at radius 2 is 1.93 bits per heavy atom. The molecular weight excluding hydrogens is 361 g/mol. The maximum Gasteiger partial charge on any atom is 0.573 e. The number of benzene rings is 1. The van der Waals surface area contributed by atoms with Crippen molar-refractivity contribution in [2.24, 2.45) is 5.92 Å². The number of likely N-dealkylation sites (N-methyl/N-ethyl adjacent to an activating group) is 1. The lowest BCUT2D eigenvalue weighted by atomic mass is 9.71. The number of carbonyl (C=O) groups is 2. The molecule has 1 fully saturated rings. The van der Waals surface area contributed by atoms with Crippen molar-refractivity contribution in [3.63, 3.8) is 0 Å². The van der Waals surface area contributed by atoms with Gasteiger partial charge in [0.15, 0.2) is 0 Å². The molecule has 2 amide bonds. The quantitative estimate of drug-likeness (QED) is 0.735. The first-order valence-corrected chi connectivity index (χ1v) is 8.63. The third-order valence-corrected chi connectivity index (χ3v) is 4.84. The Labute approximate surface area is 156 Å². The molecule has 0 aromatic heterocycles. The summed E-state index contributed by atoms with van der Waals surface area (Å²) in [7, 11) is 1.70. The minimum atomic E-state index is -4.71. The highest BCUT2D eigenvalue weighted by Crippen LogP contribution is 2.43. The van der Waals surface area contributed by atoms with Crippen LogP contribution in [0.25, 0.3) is 0 Å². The van der Waals surface area contributed by atoms with E-state index in [-0.39, 0.29) is 35.4 Å². The van der Waals surface area contributed by atoms with Gasteiger partial charge in [0.05, 0.1) is 0 Å². The summed E-state index contributed by atoms with van der Waals surface area (Å²) in [6.07, 6.45) is -2.24. The topological polar surface area (TPSA) is 58.6 Å². The number of rotatable bonds is 7. The van der Waals surface area contributed by atoms with Gasteiger partial charge < -0.3 is 15.0 Å². The molecule has 1 aromatic carbocycles. The molecule has 1 aliphatic rings. The highest BCUT2D eigenvalue weighted by Gasteiger charge is 2.38. The number of halogens is 3. The smallest absolute Gasteiger partial charge is 0.406 e. The second kappa shape index (κ2) is 8.45. The van der Waals surface area contributed by atoms with E-state index in [0.717, 1.165) is 5.56 Å². The summed E-state index contributed by atoms with van der Waals surface area (Å²) in [5.41, 5.74) is 0.891. The molecule has 1 aliphatic carbocycles. The number of hydrogen-bond donors (Lipinski definition) is 1. The molecule has 27 heavy (non-hydrogen) atoms. The Kier molecular flexibility index (Phi) is 6.51. The van der Waals surface area contributed by atoms with Gasteiger partial charge in [-0.3, -0.25) is 9.59 Å². The summed E-state index contributed by atoms with van der Waals surface area (Å²) in [4.78, 5) is 25.3. The zero-order valence-electron chi connectivity index (χ0n) is 15.3. The fourth-order valence-electron chi connectivity index (χ4n) is 3.00. The van der Waals surface area contributed by atoms with E-state index in [1.165, 1.54) is 18.2 Å². The Balaban J connectivity index is 1.83. The lowest BCUT2D eigenvalue weighted by Crippen LogP contribution is -2.47. The highest BCUT2D eigenvalue weighted by molar-refractivity contribution is 5.87. The Morgan fingerprint density at radius 3 is 2.44 bits per heavy atom. The average molecular weight is 384 g/mol. The van der Waals surface area contributed by atoms with E-state index in [2.05, 4.69) is 16.6 Å². The van der Waals surface area contributed by atoms with E-state index < -0.39 is 6.36 Å². The van der Waals surface area contributed by atoms with E-state index >= 15 is 0 Å². The summed E-state index contributed by atoms with van der Waals surface area (Å²) in [6, 6.07) is 5.62. The first kappa shape index (κ1) is 20.8. The minimum Gasteiger partial charge on any atom is -0.406 e. The fraction of sp³-hybridized carbons (Fsp3) is 0.474. The van der Waals surface area contributed by atoms with Crippen LogP contribution in [0, 0.1) is 5.92 Å². The predicted octanol–water partition coefficient (Wildman–Crippen LogP) is 3.23. The molecule has 0 bridgehead atoms. The molecule has 1 N–H and O–H groups in total. The highest BCUT2D eigenvalue weighted by atomic mass is 19.4. The Bertz CT molecular complexity index is 682. The van der Waals surface area contributed by atoms with Crippen LogP contribution in [-0.2, 0) is 9.59 Å². The van der Waals surface area contributed by atoms with Crippen LogP contribution in [-0.4, -0.2) is 42.7 Å². The van der Waals surface area contributed by atoms with Crippen molar-refractivity contribution in [2.45, 2.75) is 38.1 Å². The molecule has 5 nitrogen and oxygen atoms in total. The van der Waals surface area contributed by atoms with Crippen LogP contribution in [0.2, 0.25) is 0 Å². The van der Waals surface area contributed by atoms with E-state index in [0.29, 0.717) is 19.4 Å². The van der Waals surface area contributed by atoms with Crippen LogP contribution in [0.15, 0.2) is 36.9 Å². The maximum atomic E-state index is 12.5. The summed E-state index contributed by atoms with van der Waals surface area (Å²) in [6.45, 7) is 5.55. The fourth-order valence-corrected chi connectivity index (χ4v) is 3.00. The van der Waals surface area contributed by atoms with Gasteiger partial charge in [-0.1, -0.05) is 18.7 Å². The lowest BCUT2D eigenvalue weighted by molar-refractivity contribution is -0.274. The van der Waals surface area contributed by atoms with Gasteiger partial charge in [-0.15, -0.1) is 13.2 Å². The van der Waals surface area contributed by atoms with E-state index in [1.807, 2.05) is 6.92 Å². The monoisotopic (exact) mass is 384 g/mol. The Morgan fingerprint density at radius 1 is 1.33 bits per heavy atom. The van der Waals surface area contributed by atoms with Gasteiger partial charge in [-0.05, 0) is 49.5 Å². The molecule has 1 saturated carbocycles. The van der Waals surface area contributed by atoms with Gasteiger partial charge >= 0.3 is 6.36 Å². The van der Waals surface area contributed by atoms with Crippen LogP contribution in [0.4, 0.5) is 13.2 Å². The molecule has 1 unspecified atom stereocenters. The normalized spacial score (nSPS) is 20.2. The molecule has 1 aromatic rings. The number of alkyl halides is 3. The molecule has 0 spiro atoms. The number of amides is 2. The van der Waals surface area contributed by atoms with Crippen molar-refractivity contribution in [2.75, 3.05) is 13.6 Å². The van der Waals surface area contributed by atoms with Crippen molar-refractivity contribution < 1.29 is 27.5 Å². The predicted molar refractivity (Wildman–Crippen MR) is 94.0 cm³/mol. The third kappa shape index (κ3) is 5.74. The van der Waals surface area contributed by atoms with E-state index in [9.17, 15) is 22.8 Å². The number of hydrogen-bond acceptors (Lipinski definition) is 3. The van der Waals surface area contributed by atoms with Gasteiger partial charge in [0.1, 0.15) is 5.75 Å². The molecule has 0 saturated heterocycles. The van der Waals surface area contributed by atoms with Crippen LogP contribution < -0.4 is 10.1 Å². The molecule has 8 heteroatoms. The number of nitrogens with zero attached hydrogens (tertiary/aromatic N) is 1. The number of carbonyl (C=O) groups excluding carboxylic acids is 2. The molecule has 148 valence electrons. The van der Waals surface area contributed by atoms with E-state index in [4.69, 9.17) is 0 Å². The summed E-state index contributed by atoms with van der Waals surface area (Å²) < 4.78 is 40.4. The second-order valence-electron chi connectivity index (χ2n) is 6.73. The van der Waals surface area contributed by atoms with Crippen molar-refractivity contribution >= 4 is 11.8 Å². The largest absolute Gasteiger partial charge is 0.573 e. The van der Waals surface area contributed by atoms with Gasteiger partial charge in [-0.2, -0.15) is 0 Å². The molecule has 0 heterocycles. The van der Waals surface area contributed by atoms with Gasteiger partial charge in [0, 0.05) is 25.6 Å². The minimum absolute atomic E-state index is 0.00336. The van der Waals surface area contributed by atoms with Gasteiger partial charge in [-0.25, -0.2) is 0 Å². The van der Waals surface area contributed by atoms with Crippen molar-refractivity contribution in [3.8, 4) is 5.75 Å². The SMILES string of the molecule is C=CC(=O)NCC(C)N(C)C(=O)C1CC(c2ccc(OC(F)(F)F)cc2)C1. The Hall–Kier alpha value is -2.51. The maximum absolute atomic E-state index is 12.5. The molecule has 2 rings (SSSR count). The van der Waals surface area contributed by atoms with Crippen LogP contribution >= 0.6 is 0 Å². The van der Waals surface area contributed by atoms with Crippen molar-refractivity contribution in [3.05, 3.63) is 42.5 Å². The van der Waals surface area contributed by atoms with Crippen molar-refractivity contribution in [1.29, 1.82) is 0 Å². The average Bonchev–Trinajstić information content (AvgIpc) is 2.57. The number of ether oxygens (including phenoxy) is 1. The number of nitrogens with one attached hydrogen (secondary N) is 1. The van der Waals surface area contributed by atoms with E-state index in [1.54, 1.807) is 24.1 Å². The standard InChI is InChI=1S/C19H23F3N2O3/c1-4-17(25)23-11-12(2)24(3)18(26)15-9-14(10-15)13-5-7-16(8-6-13)27-19(20,21)22/h4-8,12,14-15H,1,9-11H2,2-3H3,(H,23,25). The molecular formula is C19H23F3N2O3. The second-order valence-corrected chi connectivity index (χ2v) is 6.73. The molecule has 1 atom stereocenters. The van der Waals surface area contributed by atoms with Crippen LogP contribution in [0.5, 0.6) is 5.75 Å². The summed E-state index contributed by atoms with van der Waals surface area (Å²) in [5, 5.41) is 2.66. The van der Waals surface area contributed by atoms with Gasteiger partial charge in [0.2, 0.25) is 11.8 Å². The zero-order valence-corrected chi connectivity index (χ0v) is 15.3. The van der Waals surface area contributed by atoms with Crippen LogP contribution in [0.3, 0.4) is 0 Å².